The number of hydrogen-bond acceptors (Lipinski definition) is 5. The van der Waals surface area contributed by atoms with Gasteiger partial charge in [0.15, 0.2) is 11.2 Å². The summed E-state index contributed by atoms with van der Waals surface area (Å²) in [6.45, 7) is 3.86. The summed E-state index contributed by atoms with van der Waals surface area (Å²) in [5.41, 5.74) is 3.02. The van der Waals surface area contributed by atoms with Gasteiger partial charge in [-0.3, -0.25) is 4.79 Å². The number of ether oxygens (including phenoxy) is 1. The molecular weight excluding hydrogens is 390 g/mol. The van der Waals surface area contributed by atoms with Crippen molar-refractivity contribution in [2.24, 2.45) is 0 Å². The highest BCUT2D eigenvalue weighted by atomic mass is 35.5. The van der Waals surface area contributed by atoms with Crippen LogP contribution in [0.4, 0.5) is 0 Å². The molecule has 1 aliphatic carbocycles. The molecule has 1 N–H and O–H groups in total. The van der Waals surface area contributed by atoms with Gasteiger partial charge in [-0.15, -0.1) is 0 Å². The van der Waals surface area contributed by atoms with E-state index < -0.39 is 0 Å². The molecule has 3 rings (SSSR count). The number of aromatic nitrogens is 2. The molecule has 0 bridgehead atoms. The maximum Gasteiger partial charge on any atom is 0.255 e. The van der Waals surface area contributed by atoms with Crippen LogP contribution < -0.4 is 5.32 Å². The number of halogens is 1. The summed E-state index contributed by atoms with van der Waals surface area (Å²) in [4.78, 5) is 21.2. The van der Waals surface area contributed by atoms with Crippen LogP contribution in [0.25, 0.3) is 16.8 Å². The molecule has 0 saturated carbocycles. The van der Waals surface area contributed by atoms with Crippen molar-refractivity contribution in [3.8, 4) is 0 Å². The van der Waals surface area contributed by atoms with E-state index in [1.807, 2.05) is 24.3 Å². The molecule has 148 valence electrons. The minimum absolute atomic E-state index is 0.221. The van der Waals surface area contributed by atoms with Crippen LogP contribution in [0.2, 0.25) is 0 Å². The number of hydrogen-bond donors (Lipinski definition) is 1. The fourth-order valence-corrected chi connectivity index (χ4v) is 2.87. The highest BCUT2D eigenvalue weighted by molar-refractivity contribution is 6.30. The Hall–Kier alpha value is -3.22. The number of amides is 1. The Bertz CT molecular complexity index is 1040. The van der Waals surface area contributed by atoms with Gasteiger partial charge in [-0.05, 0) is 42.9 Å². The first-order valence-electron chi connectivity index (χ1n) is 8.90. The minimum atomic E-state index is -0.301. The highest BCUT2D eigenvalue weighted by Gasteiger charge is 2.12. The summed E-state index contributed by atoms with van der Waals surface area (Å²) < 4.78 is 10.7. The van der Waals surface area contributed by atoms with Crippen molar-refractivity contribution < 1.29 is 13.9 Å². The topological polar surface area (TPSA) is 77.2 Å². The summed E-state index contributed by atoms with van der Waals surface area (Å²) in [7, 11) is 1.53. The van der Waals surface area contributed by atoms with E-state index in [-0.39, 0.29) is 12.5 Å². The fourth-order valence-electron chi connectivity index (χ4n) is 2.64. The fraction of sp³-hybridized carbons (Fsp3) is 0.136. The number of pyridine rings is 1. The molecule has 0 spiro atoms. The molecule has 2 heterocycles. The van der Waals surface area contributed by atoms with Gasteiger partial charge in [-0.1, -0.05) is 36.4 Å². The molecule has 0 radical (unpaired) electrons. The van der Waals surface area contributed by atoms with Crippen LogP contribution in [0, 0.1) is 0 Å². The lowest BCUT2D eigenvalue weighted by Gasteiger charge is -2.07. The Kier molecular flexibility index (Phi) is 6.94. The number of allylic oxidation sites excluding steroid dienone is 7. The van der Waals surface area contributed by atoms with Crippen molar-refractivity contribution in [3.05, 3.63) is 89.6 Å². The number of carbonyl (C=O) groups excluding carboxylic acids is 1. The Morgan fingerprint density at radius 1 is 1.41 bits per heavy atom. The second-order valence-electron chi connectivity index (χ2n) is 6.07. The molecular formula is C22H20ClN3O3. The van der Waals surface area contributed by atoms with Crippen LogP contribution in [0.1, 0.15) is 12.3 Å². The summed E-state index contributed by atoms with van der Waals surface area (Å²) in [5, 5.41) is 3.28. The van der Waals surface area contributed by atoms with Crippen molar-refractivity contribution in [1.82, 2.24) is 15.3 Å². The van der Waals surface area contributed by atoms with Gasteiger partial charge in [0.2, 0.25) is 5.89 Å². The van der Waals surface area contributed by atoms with E-state index in [0.29, 0.717) is 39.8 Å². The standard InChI is InChI=1S/C22H20ClN3O3/c1-3-6-16(13-17(23)14-28-2)21(27)25-18-8-4-7-15(10-11-18)22-26-20-19(29-22)9-5-12-24-20/h3,5-13H,1,4,14H2,2H3,(H,25,27)/b16-6+,17-13+. The van der Waals surface area contributed by atoms with Gasteiger partial charge in [0.25, 0.3) is 5.91 Å². The molecule has 1 amide bonds. The van der Waals surface area contributed by atoms with Crippen LogP contribution >= 0.6 is 11.6 Å². The molecule has 29 heavy (non-hydrogen) atoms. The van der Waals surface area contributed by atoms with Crippen LogP contribution in [0.5, 0.6) is 0 Å². The number of fused-ring (bicyclic) bond motifs is 1. The van der Waals surface area contributed by atoms with Gasteiger partial charge in [-0.25, -0.2) is 4.98 Å². The molecule has 0 atom stereocenters. The lowest BCUT2D eigenvalue weighted by Crippen LogP contribution is -2.23. The van der Waals surface area contributed by atoms with E-state index in [4.69, 9.17) is 20.8 Å². The van der Waals surface area contributed by atoms with E-state index >= 15 is 0 Å². The van der Waals surface area contributed by atoms with Crippen molar-refractivity contribution >= 4 is 34.3 Å². The number of methoxy groups -OCH3 is 1. The van der Waals surface area contributed by atoms with Crippen molar-refractivity contribution in [3.63, 3.8) is 0 Å². The van der Waals surface area contributed by atoms with Gasteiger partial charge in [0.05, 0.1) is 6.61 Å². The largest absolute Gasteiger partial charge is 0.434 e. The monoisotopic (exact) mass is 409 g/mol. The zero-order valence-electron chi connectivity index (χ0n) is 15.9. The maximum atomic E-state index is 12.6. The van der Waals surface area contributed by atoms with Crippen molar-refractivity contribution in [2.75, 3.05) is 13.7 Å². The summed E-state index contributed by atoms with van der Waals surface area (Å²) in [5.74, 6) is 0.182. The van der Waals surface area contributed by atoms with Crippen LogP contribution in [0.3, 0.4) is 0 Å². The molecule has 0 saturated heterocycles. The second-order valence-corrected chi connectivity index (χ2v) is 6.55. The quantitative estimate of drug-likeness (QED) is 0.540. The lowest BCUT2D eigenvalue weighted by molar-refractivity contribution is -0.116. The number of oxazole rings is 1. The Balaban J connectivity index is 1.73. The predicted molar refractivity (Wildman–Crippen MR) is 114 cm³/mol. The first kappa shape index (κ1) is 20.5. The molecule has 0 fully saturated rings. The van der Waals surface area contributed by atoms with Gasteiger partial charge in [0, 0.05) is 35.2 Å². The van der Waals surface area contributed by atoms with Gasteiger partial charge in [-0.2, -0.15) is 4.98 Å². The average Bonchev–Trinajstić information content (AvgIpc) is 3.00. The summed E-state index contributed by atoms with van der Waals surface area (Å²) >= 11 is 6.07. The van der Waals surface area contributed by atoms with E-state index in [1.54, 1.807) is 30.5 Å². The van der Waals surface area contributed by atoms with Crippen LogP contribution in [0.15, 0.2) is 88.2 Å². The Labute approximate surface area is 173 Å². The van der Waals surface area contributed by atoms with E-state index in [1.165, 1.54) is 13.2 Å². The average molecular weight is 410 g/mol. The van der Waals surface area contributed by atoms with Gasteiger partial charge in [0.1, 0.15) is 0 Å². The maximum absolute atomic E-state index is 12.6. The van der Waals surface area contributed by atoms with E-state index in [9.17, 15) is 4.79 Å². The number of nitrogens with zero attached hydrogens (tertiary/aromatic N) is 2. The first-order valence-corrected chi connectivity index (χ1v) is 9.28. The molecule has 0 aromatic carbocycles. The molecule has 2 aromatic rings. The third-order valence-electron chi connectivity index (χ3n) is 3.94. The molecule has 1 aliphatic rings. The normalized spacial score (nSPS) is 15.0. The zero-order chi connectivity index (χ0) is 20.6. The number of carbonyl (C=O) groups is 1. The third-order valence-corrected chi connectivity index (χ3v) is 4.16. The summed E-state index contributed by atoms with van der Waals surface area (Å²) in [6, 6.07) is 3.62. The van der Waals surface area contributed by atoms with Gasteiger partial charge >= 0.3 is 0 Å². The predicted octanol–water partition coefficient (Wildman–Crippen LogP) is 4.45. The van der Waals surface area contributed by atoms with Crippen LogP contribution in [-0.4, -0.2) is 29.6 Å². The SMILES string of the molecule is C=C/C=C(\C=C(\Cl)COC)C(=O)NC1=CCC=C(c2nc3ncccc3o2)C=C1. The second kappa shape index (κ2) is 9.82. The third kappa shape index (κ3) is 5.40. The first-order chi connectivity index (χ1) is 14.1. The Morgan fingerprint density at radius 3 is 3.03 bits per heavy atom. The molecule has 0 unspecified atom stereocenters. The molecule has 6 nitrogen and oxygen atoms in total. The lowest BCUT2D eigenvalue weighted by atomic mass is 10.2. The molecule has 7 heteroatoms. The summed E-state index contributed by atoms with van der Waals surface area (Å²) in [6.07, 6.45) is 14.4. The van der Waals surface area contributed by atoms with E-state index in [0.717, 1.165) is 5.57 Å². The van der Waals surface area contributed by atoms with E-state index in [2.05, 4.69) is 21.9 Å². The van der Waals surface area contributed by atoms with Crippen molar-refractivity contribution in [1.29, 1.82) is 0 Å². The number of nitrogens with one attached hydrogen (secondary N) is 1. The highest BCUT2D eigenvalue weighted by Crippen LogP contribution is 2.23. The Morgan fingerprint density at radius 2 is 2.28 bits per heavy atom. The number of rotatable bonds is 7. The van der Waals surface area contributed by atoms with Crippen molar-refractivity contribution in [2.45, 2.75) is 6.42 Å². The smallest absolute Gasteiger partial charge is 0.255 e. The molecule has 0 aliphatic heterocycles. The van der Waals surface area contributed by atoms with Crippen LogP contribution in [-0.2, 0) is 9.53 Å². The van der Waals surface area contributed by atoms with Gasteiger partial charge < -0.3 is 14.5 Å². The zero-order valence-corrected chi connectivity index (χ0v) is 16.6. The molecule has 2 aromatic heterocycles. The minimum Gasteiger partial charge on any atom is -0.434 e.